The number of para-hydroxylation sites is 1. The Morgan fingerprint density at radius 1 is 1.05 bits per heavy atom. The van der Waals surface area contributed by atoms with Crippen molar-refractivity contribution < 1.29 is 8.52 Å². The Morgan fingerprint density at radius 3 is 2.30 bits per heavy atom. The average molecular weight is 283 g/mol. The molecule has 0 aliphatic rings. The zero-order chi connectivity index (χ0) is 13.9. The molecule has 3 rings (SSSR count). The average Bonchev–Trinajstić information content (AvgIpc) is 2.90. The second-order valence-corrected chi connectivity index (χ2v) is 4.53. The van der Waals surface area contributed by atoms with Gasteiger partial charge in [0.15, 0.2) is 5.69 Å². The Kier molecular flexibility index (Phi) is 3.22. The number of aromatic amines is 1. The molecule has 0 aliphatic carbocycles. The van der Waals surface area contributed by atoms with E-state index in [-0.39, 0.29) is 11.6 Å². The number of benzene rings is 2. The Hall–Kier alpha value is -2.60. The van der Waals surface area contributed by atoms with E-state index in [4.69, 9.17) is 12.4 Å². The number of hydrogen-bond acceptors (Lipinski definition) is 3. The van der Waals surface area contributed by atoms with Crippen molar-refractivity contribution in [1.29, 1.82) is 0 Å². The van der Waals surface area contributed by atoms with Gasteiger partial charge in [0, 0.05) is 5.56 Å². The first-order valence-electron chi connectivity index (χ1n) is 6.03. The predicted octanol–water partition coefficient (Wildman–Crippen LogP) is 1.96. The summed E-state index contributed by atoms with van der Waals surface area (Å²) < 4.78 is 1.20. The second-order valence-electron chi connectivity index (χ2n) is 4.16. The normalized spacial score (nSPS) is 10.4. The Labute approximate surface area is 120 Å². The fourth-order valence-corrected chi connectivity index (χ4v) is 2.03. The summed E-state index contributed by atoms with van der Waals surface area (Å²) in [5.74, 6) is -0.0402. The first kappa shape index (κ1) is 12.4. The van der Waals surface area contributed by atoms with Crippen LogP contribution in [-0.2, 0) is 0 Å². The maximum atomic E-state index is 12.3. The molecule has 0 aliphatic heterocycles. The molecular formula is C14H11N4OS+. The Bertz CT molecular complexity index is 793. The lowest BCUT2D eigenvalue weighted by Gasteiger charge is -1.91. The minimum Gasteiger partial charge on any atom is -0.281 e. The molecule has 3 aromatic rings. The van der Waals surface area contributed by atoms with E-state index in [9.17, 15) is 4.79 Å². The van der Waals surface area contributed by atoms with Crippen LogP contribution < -0.4 is 3.73 Å². The lowest BCUT2D eigenvalue weighted by atomic mass is 10.1. The number of H-pyrrole nitrogens is 1. The number of carbonyl (C=O) groups is 1. The predicted molar refractivity (Wildman–Crippen MR) is 75.4 cm³/mol. The van der Waals surface area contributed by atoms with Crippen molar-refractivity contribution in [2.24, 2.45) is 0 Å². The monoisotopic (exact) mass is 283 g/mol. The van der Waals surface area contributed by atoms with E-state index in [0.29, 0.717) is 5.56 Å². The van der Waals surface area contributed by atoms with Crippen LogP contribution in [0.5, 0.6) is 0 Å². The molecule has 0 fully saturated rings. The van der Waals surface area contributed by atoms with Crippen LogP contribution in [0.4, 0.5) is 0 Å². The molecule has 0 saturated carbocycles. The van der Waals surface area contributed by atoms with E-state index in [1.807, 2.05) is 36.4 Å². The zero-order valence-electron chi connectivity index (χ0n) is 10.4. The van der Waals surface area contributed by atoms with Gasteiger partial charge in [0.1, 0.15) is 12.4 Å². The summed E-state index contributed by atoms with van der Waals surface area (Å²) in [5, 5.41) is 7.05. The number of tetrazole rings is 1. The van der Waals surface area contributed by atoms with Crippen LogP contribution in [0.1, 0.15) is 16.2 Å². The molecule has 0 amide bonds. The molecule has 0 spiro atoms. The minimum absolute atomic E-state index is 0.176. The molecule has 1 heterocycles. The van der Waals surface area contributed by atoms with Crippen molar-refractivity contribution in [2.75, 3.05) is 0 Å². The van der Waals surface area contributed by atoms with Gasteiger partial charge in [-0.2, -0.15) is 0 Å². The summed E-state index contributed by atoms with van der Waals surface area (Å²) in [6.07, 6.45) is 0. The van der Waals surface area contributed by atoms with Crippen LogP contribution >= 0.6 is 12.4 Å². The lowest BCUT2D eigenvalue weighted by molar-refractivity contribution is -0.513. The third-order valence-electron chi connectivity index (χ3n) is 2.81. The summed E-state index contributed by atoms with van der Waals surface area (Å²) in [5.41, 5.74) is 1.36. The molecule has 98 valence electrons. The largest absolute Gasteiger partial charge is 0.385 e. The third kappa shape index (κ3) is 2.28. The maximum Gasteiger partial charge on any atom is 0.385 e. The molecule has 0 radical (unpaired) electrons. The fourth-order valence-electron chi connectivity index (χ4n) is 1.83. The number of carbonyl (C=O) groups excluding carboxylic acids is 1. The molecule has 20 heavy (non-hydrogen) atoms. The van der Waals surface area contributed by atoms with Gasteiger partial charge in [-0.15, -0.1) is 0 Å². The minimum atomic E-state index is -0.216. The third-order valence-corrected chi connectivity index (χ3v) is 3.07. The van der Waals surface area contributed by atoms with Crippen LogP contribution in [0.2, 0.25) is 0 Å². The summed E-state index contributed by atoms with van der Waals surface area (Å²) in [4.78, 5) is 13.8. The topological polar surface area (TPSA) is 56.6 Å². The van der Waals surface area contributed by atoms with Crippen molar-refractivity contribution in [3.8, 4) is 5.69 Å². The first-order valence-corrected chi connectivity index (χ1v) is 6.39. The van der Waals surface area contributed by atoms with Crippen LogP contribution in [0, 0.1) is 0 Å². The molecule has 0 bridgehead atoms. The number of ketones is 1. The summed E-state index contributed by atoms with van der Waals surface area (Å²) in [7, 11) is 0. The summed E-state index contributed by atoms with van der Waals surface area (Å²) in [6.45, 7) is 0. The van der Waals surface area contributed by atoms with Gasteiger partial charge in [-0.1, -0.05) is 57.5 Å². The van der Waals surface area contributed by atoms with Gasteiger partial charge in [-0.05, 0) is 16.9 Å². The molecule has 1 aromatic heterocycles. The Balaban J connectivity index is 2.03. The SMILES string of the molecule is O=C(c1ccccc1)c1nn(-c2ccccc2)[nH][n+]1=S. The van der Waals surface area contributed by atoms with Gasteiger partial charge in [-0.25, -0.2) is 0 Å². The van der Waals surface area contributed by atoms with Gasteiger partial charge < -0.3 is 0 Å². The molecule has 0 unspecified atom stereocenters. The number of aromatic nitrogens is 4. The molecule has 0 atom stereocenters. The molecule has 5 nitrogen and oxygen atoms in total. The summed E-state index contributed by atoms with van der Waals surface area (Å²) in [6, 6.07) is 18.4. The highest BCUT2D eigenvalue weighted by Gasteiger charge is 2.24. The smallest absolute Gasteiger partial charge is 0.281 e. The fraction of sp³-hybridized carbons (Fsp3) is 0. The van der Waals surface area contributed by atoms with E-state index < -0.39 is 0 Å². The van der Waals surface area contributed by atoms with Crippen LogP contribution in [0.15, 0.2) is 60.7 Å². The van der Waals surface area contributed by atoms with Crippen molar-refractivity contribution >= 4 is 18.2 Å². The molecule has 1 N–H and O–H groups in total. The molecule has 2 aromatic carbocycles. The quantitative estimate of drug-likeness (QED) is 0.590. The van der Waals surface area contributed by atoms with Crippen LogP contribution in [0.3, 0.4) is 0 Å². The first-order chi connectivity index (χ1) is 9.75. The van der Waals surface area contributed by atoms with Crippen molar-refractivity contribution in [3.05, 3.63) is 72.1 Å². The van der Waals surface area contributed by atoms with Crippen molar-refractivity contribution in [1.82, 2.24) is 15.1 Å². The molecule has 0 saturated heterocycles. The second kappa shape index (κ2) is 5.18. The maximum absolute atomic E-state index is 12.3. The summed E-state index contributed by atoms with van der Waals surface area (Å²) >= 11 is 5.11. The number of rotatable bonds is 3. The zero-order valence-corrected chi connectivity index (χ0v) is 11.2. The van der Waals surface area contributed by atoms with Crippen molar-refractivity contribution in [3.63, 3.8) is 0 Å². The van der Waals surface area contributed by atoms with Gasteiger partial charge in [0.25, 0.3) is 5.78 Å². The Morgan fingerprint density at radius 2 is 1.65 bits per heavy atom. The highest BCUT2D eigenvalue weighted by Crippen LogP contribution is 2.06. The van der Waals surface area contributed by atoms with E-state index in [0.717, 1.165) is 5.69 Å². The van der Waals surface area contributed by atoms with E-state index in [1.165, 1.54) is 8.52 Å². The van der Waals surface area contributed by atoms with E-state index in [1.54, 1.807) is 24.3 Å². The van der Waals surface area contributed by atoms with Crippen molar-refractivity contribution in [2.45, 2.75) is 0 Å². The standard InChI is InChI=1S/C14H11N4OS/c19-13(11-7-3-1-4-8-11)14-15-17(16-18(14)20)12-9-5-2-6-10-12/h1-10H,(H,16,20)/q+1. The van der Waals surface area contributed by atoms with Gasteiger partial charge in [-0.3, -0.25) is 4.79 Å². The van der Waals surface area contributed by atoms with Gasteiger partial charge >= 0.3 is 5.82 Å². The number of hydrogen-bond donors (Lipinski definition) is 1. The highest BCUT2D eigenvalue weighted by atomic mass is 32.1. The van der Waals surface area contributed by atoms with Crippen LogP contribution in [-0.4, -0.2) is 20.9 Å². The molecular weight excluding hydrogens is 272 g/mol. The van der Waals surface area contributed by atoms with E-state index >= 15 is 0 Å². The van der Waals surface area contributed by atoms with Gasteiger partial charge in [0.2, 0.25) is 0 Å². The molecule has 6 heteroatoms. The lowest BCUT2D eigenvalue weighted by Crippen LogP contribution is -2.23. The number of nitrogens with one attached hydrogen (secondary N) is 1. The number of nitrogens with zero attached hydrogens (tertiary/aromatic N) is 3. The van der Waals surface area contributed by atoms with E-state index in [2.05, 4.69) is 10.3 Å². The van der Waals surface area contributed by atoms with Gasteiger partial charge in [0.05, 0.1) is 5.10 Å². The highest BCUT2D eigenvalue weighted by molar-refractivity contribution is 7.66. The van der Waals surface area contributed by atoms with Crippen LogP contribution in [0.25, 0.3) is 5.69 Å².